The van der Waals surface area contributed by atoms with Gasteiger partial charge < -0.3 is 10.6 Å². The molecule has 1 heterocycles. The van der Waals surface area contributed by atoms with Crippen LogP contribution in [0.15, 0.2) is 48.5 Å². The average Bonchev–Trinajstić information content (AvgIpc) is 2.64. The standard InChI is InChI=1S/C19H13F2N5O/c1-11-7-17(18(27)24-14-4-2-3-12(8-14)10-22)26-19(23-11)25-16-6-5-13(20)9-15(16)21/h2-9H,1H3,(H,24,27)(H,23,25,26). The van der Waals surface area contributed by atoms with E-state index < -0.39 is 17.5 Å². The third kappa shape index (κ3) is 4.41. The Kier molecular flexibility index (Phi) is 5.04. The first-order valence-electron chi connectivity index (χ1n) is 7.84. The molecule has 8 heteroatoms. The minimum Gasteiger partial charge on any atom is -0.322 e. The number of carbonyl (C=O) groups excluding carboxylic acids is 1. The van der Waals surface area contributed by atoms with Crippen molar-refractivity contribution in [3.05, 3.63) is 77.1 Å². The number of nitriles is 1. The molecule has 0 aliphatic rings. The molecule has 0 aliphatic carbocycles. The van der Waals surface area contributed by atoms with Crippen molar-refractivity contribution in [2.24, 2.45) is 0 Å². The van der Waals surface area contributed by atoms with Gasteiger partial charge in [-0.25, -0.2) is 18.7 Å². The number of hydrogen-bond donors (Lipinski definition) is 2. The molecule has 0 aliphatic heterocycles. The maximum atomic E-state index is 13.8. The third-order valence-electron chi connectivity index (χ3n) is 3.51. The number of carbonyl (C=O) groups is 1. The van der Waals surface area contributed by atoms with Crippen LogP contribution in [0.3, 0.4) is 0 Å². The summed E-state index contributed by atoms with van der Waals surface area (Å²) in [6.07, 6.45) is 0. The molecule has 0 atom stereocenters. The Balaban J connectivity index is 1.84. The second kappa shape index (κ2) is 7.58. The third-order valence-corrected chi connectivity index (χ3v) is 3.51. The highest BCUT2D eigenvalue weighted by Gasteiger charge is 2.13. The lowest BCUT2D eigenvalue weighted by Gasteiger charge is -2.10. The van der Waals surface area contributed by atoms with Crippen LogP contribution < -0.4 is 10.6 Å². The SMILES string of the molecule is Cc1cc(C(=O)Nc2cccc(C#N)c2)nc(Nc2ccc(F)cc2F)n1. The van der Waals surface area contributed by atoms with E-state index in [4.69, 9.17) is 5.26 Å². The summed E-state index contributed by atoms with van der Waals surface area (Å²) in [7, 11) is 0. The number of halogens is 2. The van der Waals surface area contributed by atoms with Gasteiger partial charge in [0.25, 0.3) is 5.91 Å². The normalized spacial score (nSPS) is 10.1. The second-order valence-corrected chi connectivity index (χ2v) is 5.61. The van der Waals surface area contributed by atoms with Crippen molar-refractivity contribution >= 4 is 23.2 Å². The summed E-state index contributed by atoms with van der Waals surface area (Å²) in [5.41, 5.74) is 1.35. The number of amides is 1. The zero-order chi connectivity index (χ0) is 19.4. The van der Waals surface area contributed by atoms with Gasteiger partial charge in [-0.1, -0.05) is 6.07 Å². The highest BCUT2D eigenvalue weighted by Crippen LogP contribution is 2.19. The van der Waals surface area contributed by atoms with E-state index in [2.05, 4.69) is 20.6 Å². The van der Waals surface area contributed by atoms with E-state index in [1.165, 1.54) is 18.2 Å². The number of rotatable bonds is 4. The molecule has 0 bridgehead atoms. The van der Waals surface area contributed by atoms with Gasteiger partial charge in [0.15, 0.2) is 0 Å². The van der Waals surface area contributed by atoms with Gasteiger partial charge in [-0.05, 0) is 43.3 Å². The van der Waals surface area contributed by atoms with E-state index in [0.717, 1.165) is 12.1 Å². The number of aromatic nitrogens is 2. The fraction of sp³-hybridized carbons (Fsp3) is 0.0526. The predicted molar refractivity (Wildman–Crippen MR) is 95.5 cm³/mol. The minimum absolute atomic E-state index is 0.00330. The Morgan fingerprint density at radius 3 is 2.67 bits per heavy atom. The molecule has 134 valence electrons. The molecular weight excluding hydrogens is 352 g/mol. The van der Waals surface area contributed by atoms with Gasteiger partial charge in [0.2, 0.25) is 5.95 Å². The van der Waals surface area contributed by atoms with E-state index in [0.29, 0.717) is 16.9 Å². The minimum atomic E-state index is -0.806. The van der Waals surface area contributed by atoms with Gasteiger partial charge in [0.1, 0.15) is 17.3 Å². The number of benzene rings is 2. The van der Waals surface area contributed by atoms with E-state index in [-0.39, 0.29) is 17.3 Å². The van der Waals surface area contributed by atoms with Crippen LogP contribution in [0.5, 0.6) is 0 Å². The average molecular weight is 365 g/mol. The maximum Gasteiger partial charge on any atom is 0.274 e. The first-order chi connectivity index (χ1) is 12.9. The summed E-state index contributed by atoms with van der Waals surface area (Å²) in [4.78, 5) is 20.6. The molecule has 0 unspecified atom stereocenters. The molecule has 1 amide bonds. The monoisotopic (exact) mass is 365 g/mol. The highest BCUT2D eigenvalue weighted by molar-refractivity contribution is 6.03. The van der Waals surface area contributed by atoms with Crippen LogP contribution in [0.4, 0.5) is 26.1 Å². The Labute approximate surface area is 153 Å². The van der Waals surface area contributed by atoms with Crippen LogP contribution in [0.1, 0.15) is 21.7 Å². The zero-order valence-corrected chi connectivity index (χ0v) is 14.1. The molecule has 0 radical (unpaired) electrons. The molecule has 6 nitrogen and oxygen atoms in total. The van der Waals surface area contributed by atoms with Crippen molar-refractivity contribution in [1.82, 2.24) is 9.97 Å². The molecule has 0 fully saturated rings. The Bertz CT molecular complexity index is 1060. The lowest BCUT2D eigenvalue weighted by molar-refractivity contribution is 0.102. The van der Waals surface area contributed by atoms with E-state index in [9.17, 15) is 13.6 Å². The number of nitrogens with one attached hydrogen (secondary N) is 2. The number of aryl methyl sites for hydroxylation is 1. The smallest absolute Gasteiger partial charge is 0.274 e. The first-order valence-corrected chi connectivity index (χ1v) is 7.84. The first kappa shape index (κ1) is 17.9. The summed E-state index contributed by atoms with van der Waals surface area (Å²) in [6.45, 7) is 1.65. The van der Waals surface area contributed by atoms with Crippen molar-refractivity contribution in [3.63, 3.8) is 0 Å². The summed E-state index contributed by atoms with van der Waals surface area (Å²) in [5, 5.41) is 14.2. The molecule has 1 aromatic heterocycles. The van der Waals surface area contributed by atoms with Crippen LogP contribution in [0.2, 0.25) is 0 Å². The maximum absolute atomic E-state index is 13.8. The topological polar surface area (TPSA) is 90.7 Å². The molecule has 2 aromatic carbocycles. The Hall–Kier alpha value is -3.86. The van der Waals surface area contributed by atoms with Crippen LogP contribution in [0, 0.1) is 29.9 Å². The molecule has 3 rings (SSSR count). The lowest BCUT2D eigenvalue weighted by atomic mass is 10.2. The van der Waals surface area contributed by atoms with Crippen molar-refractivity contribution in [2.75, 3.05) is 10.6 Å². The number of hydrogen-bond acceptors (Lipinski definition) is 5. The summed E-state index contributed by atoms with van der Waals surface area (Å²) in [6, 6.07) is 12.9. The van der Waals surface area contributed by atoms with Crippen molar-refractivity contribution < 1.29 is 13.6 Å². The molecule has 27 heavy (non-hydrogen) atoms. The quantitative estimate of drug-likeness (QED) is 0.731. The van der Waals surface area contributed by atoms with E-state index in [1.807, 2.05) is 6.07 Å². The van der Waals surface area contributed by atoms with Gasteiger partial charge in [0.05, 0.1) is 17.3 Å². The van der Waals surface area contributed by atoms with Crippen molar-refractivity contribution in [1.29, 1.82) is 5.26 Å². The van der Waals surface area contributed by atoms with Gasteiger partial charge in [-0.2, -0.15) is 5.26 Å². The predicted octanol–water partition coefficient (Wildman–Crippen LogP) is 3.93. The van der Waals surface area contributed by atoms with Crippen LogP contribution in [-0.2, 0) is 0 Å². The van der Waals surface area contributed by atoms with Gasteiger partial charge in [0, 0.05) is 17.4 Å². The van der Waals surface area contributed by atoms with Crippen LogP contribution >= 0.6 is 0 Å². The van der Waals surface area contributed by atoms with Gasteiger partial charge >= 0.3 is 0 Å². The molecule has 2 N–H and O–H groups in total. The molecular formula is C19H13F2N5O. The summed E-state index contributed by atoms with van der Waals surface area (Å²) >= 11 is 0. The number of anilines is 3. The molecule has 0 spiro atoms. The van der Waals surface area contributed by atoms with E-state index in [1.54, 1.807) is 25.1 Å². The highest BCUT2D eigenvalue weighted by atomic mass is 19.1. The van der Waals surface area contributed by atoms with E-state index >= 15 is 0 Å². The second-order valence-electron chi connectivity index (χ2n) is 5.61. The van der Waals surface area contributed by atoms with Crippen LogP contribution in [-0.4, -0.2) is 15.9 Å². The van der Waals surface area contributed by atoms with Gasteiger partial charge in [-0.3, -0.25) is 4.79 Å². The number of nitrogens with zero attached hydrogens (tertiary/aromatic N) is 3. The molecule has 0 saturated heterocycles. The summed E-state index contributed by atoms with van der Waals surface area (Å²) in [5.74, 6) is -2.03. The Morgan fingerprint density at radius 2 is 1.93 bits per heavy atom. The van der Waals surface area contributed by atoms with Crippen LogP contribution in [0.25, 0.3) is 0 Å². The lowest BCUT2D eigenvalue weighted by Crippen LogP contribution is -2.15. The summed E-state index contributed by atoms with van der Waals surface area (Å²) < 4.78 is 26.8. The largest absolute Gasteiger partial charge is 0.322 e. The molecule has 0 saturated carbocycles. The van der Waals surface area contributed by atoms with Gasteiger partial charge in [-0.15, -0.1) is 0 Å². The Morgan fingerprint density at radius 1 is 1.11 bits per heavy atom. The molecule has 3 aromatic rings. The fourth-order valence-corrected chi connectivity index (χ4v) is 2.31. The van der Waals surface area contributed by atoms with Crippen molar-refractivity contribution in [3.8, 4) is 6.07 Å². The fourth-order valence-electron chi connectivity index (χ4n) is 2.31. The zero-order valence-electron chi connectivity index (χ0n) is 14.1. The van der Waals surface area contributed by atoms with Crippen molar-refractivity contribution in [2.45, 2.75) is 6.92 Å².